The summed E-state index contributed by atoms with van der Waals surface area (Å²) in [6.07, 6.45) is 3.59. The van der Waals surface area contributed by atoms with Crippen LogP contribution in [0.2, 0.25) is 0 Å². The molecule has 4 nitrogen and oxygen atoms in total. The number of hydrogen-bond donors (Lipinski definition) is 0. The normalized spacial score (nSPS) is 11.0. The third-order valence-electron chi connectivity index (χ3n) is 3.55. The summed E-state index contributed by atoms with van der Waals surface area (Å²) in [7, 11) is 0. The Labute approximate surface area is 146 Å². The smallest absolute Gasteiger partial charge is 0.267 e. The Bertz CT molecular complexity index is 1030. The maximum absolute atomic E-state index is 12.9. The van der Waals surface area contributed by atoms with Crippen LogP contribution >= 0.6 is 23.1 Å². The van der Waals surface area contributed by atoms with E-state index in [0.29, 0.717) is 15.6 Å². The number of fused-ring (bicyclic) bond motifs is 1. The summed E-state index contributed by atoms with van der Waals surface area (Å²) in [5.74, 6) is 0.711. The molecule has 0 saturated carbocycles. The van der Waals surface area contributed by atoms with Crippen molar-refractivity contribution < 1.29 is 0 Å². The van der Waals surface area contributed by atoms with Crippen molar-refractivity contribution in [3.8, 4) is 5.69 Å². The largest absolute Gasteiger partial charge is 0.276 e. The second-order valence-electron chi connectivity index (χ2n) is 5.16. The third-order valence-corrected chi connectivity index (χ3v) is 5.46. The molecule has 0 spiro atoms. The Hall–Kier alpha value is -2.44. The van der Waals surface area contributed by atoms with Gasteiger partial charge in [-0.3, -0.25) is 14.3 Å². The van der Waals surface area contributed by atoms with Crippen LogP contribution in [0, 0.1) is 0 Å². The van der Waals surface area contributed by atoms with E-state index in [0.717, 1.165) is 16.8 Å². The average Bonchev–Trinajstić information content (AvgIpc) is 3.10. The number of pyridine rings is 1. The summed E-state index contributed by atoms with van der Waals surface area (Å²) >= 11 is 2.97. The maximum Gasteiger partial charge on any atom is 0.276 e. The fraction of sp³-hybridized carbons (Fsp3) is 0.0556. The van der Waals surface area contributed by atoms with Crippen LogP contribution in [0.1, 0.15) is 5.56 Å². The highest BCUT2D eigenvalue weighted by molar-refractivity contribution is 7.98. The fourth-order valence-corrected chi connectivity index (χ4v) is 4.13. The third kappa shape index (κ3) is 2.86. The second kappa shape index (κ2) is 6.59. The standard InChI is InChI=1S/C18H13N3OS2/c22-17-16-15(8-10-23-16)20-18(21(17)14-6-2-1-3-7-14)24-12-13-5-4-9-19-11-13/h1-11H,12H2. The van der Waals surface area contributed by atoms with Gasteiger partial charge in [-0.15, -0.1) is 11.3 Å². The predicted octanol–water partition coefficient (Wildman–Crippen LogP) is 4.13. The maximum atomic E-state index is 12.9. The van der Waals surface area contributed by atoms with Gasteiger partial charge in [0.05, 0.1) is 11.2 Å². The van der Waals surface area contributed by atoms with Crippen LogP contribution in [-0.4, -0.2) is 14.5 Å². The van der Waals surface area contributed by atoms with Gasteiger partial charge in [0.2, 0.25) is 0 Å². The number of hydrogen-bond acceptors (Lipinski definition) is 5. The Kier molecular flexibility index (Phi) is 4.15. The molecule has 0 N–H and O–H groups in total. The Morgan fingerprint density at radius 2 is 1.96 bits per heavy atom. The molecule has 0 radical (unpaired) electrons. The highest BCUT2D eigenvalue weighted by Gasteiger charge is 2.14. The molecule has 6 heteroatoms. The van der Waals surface area contributed by atoms with Crippen molar-refractivity contribution in [1.29, 1.82) is 0 Å². The Balaban J connectivity index is 1.82. The van der Waals surface area contributed by atoms with E-state index in [1.54, 1.807) is 22.5 Å². The molecule has 1 aromatic carbocycles. The summed E-state index contributed by atoms with van der Waals surface area (Å²) in [6.45, 7) is 0. The van der Waals surface area contributed by atoms with Crippen molar-refractivity contribution in [3.63, 3.8) is 0 Å². The van der Waals surface area contributed by atoms with Crippen LogP contribution in [0.5, 0.6) is 0 Å². The van der Waals surface area contributed by atoms with Crippen LogP contribution < -0.4 is 5.56 Å². The van der Waals surface area contributed by atoms with E-state index in [1.165, 1.54) is 11.3 Å². The summed E-state index contributed by atoms with van der Waals surface area (Å²) < 4.78 is 2.38. The number of para-hydroxylation sites is 1. The van der Waals surface area contributed by atoms with Crippen LogP contribution in [0.15, 0.2) is 76.3 Å². The quantitative estimate of drug-likeness (QED) is 0.410. The van der Waals surface area contributed by atoms with Crippen molar-refractivity contribution in [1.82, 2.24) is 14.5 Å². The van der Waals surface area contributed by atoms with E-state index < -0.39 is 0 Å². The van der Waals surface area contributed by atoms with E-state index in [4.69, 9.17) is 4.98 Å². The van der Waals surface area contributed by atoms with Crippen LogP contribution in [-0.2, 0) is 5.75 Å². The molecule has 118 valence electrons. The first kappa shape index (κ1) is 15.1. The van der Waals surface area contributed by atoms with Gasteiger partial charge in [0.1, 0.15) is 4.70 Å². The lowest BCUT2D eigenvalue weighted by atomic mass is 10.3. The number of rotatable bonds is 4. The summed E-state index contributed by atoms with van der Waals surface area (Å²) in [6, 6.07) is 15.5. The molecule has 0 aliphatic rings. The zero-order valence-corrected chi connectivity index (χ0v) is 14.3. The molecule has 0 aliphatic heterocycles. The summed E-state index contributed by atoms with van der Waals surface area (Å²) in [5.41, 5.74) is 2.67. The number of nitrogens with zero attached hydrogens (tertiary/aromatic N) is 3. The lowest BCUT2D eigenvalue weighted by Gasteiger charge is -2.11. The fourth-order valence-electron chi connectivity index (χ4n) is 2.43. The summed E-state index contributed by atoms with van der Waals surface area (Å²) in [5, 5.41) is 2.60. The van der Waals surface area contributed by atoms with Crippen molar-refractivity contribution in [2.24, 2.45) is 0 Å². The Morgan fingerprint density at radius 1 is 1.08 bits per heavy atom. The zero-order valence-electron chi connectivity index (χ0n) is 12.6. The molecule has 24 heavy (non-hydrogen) atoms. The van der Waals surface area contributed by atoms with E-state index in [-0.39, 0.29) is 5.56 Å². The van der Waals surface area contributed by atoms with E-state index >= 15 is 0 Å². The van der Waals surface area contributed by atoms with Gasteiger partial charge < -0.3 is 0 Å². The number of thiophene rings is 1. The van der Waals surface area contributed by atoms with Gasteiger partial charge in [0.25, 0.3) is 5.56 Å². The monoisotopic (exact) mass is 351 g/mol. The van der Waals surface area contributed by atoms with E-state index in [1.807, 2.05) is 60.1 Å². The average molecular weight is 351 g/mol. The lowest BCUT2D eigenvalue weighted by Crippen LogP contribution is -2.20. The van der Waals surface area contributed by atoms with Crippen LogP contribution in [0.3, 0.4) is 0 Å². The van der Waals surface area contributed by atoms with Crippen molar-refractivity contribution in [2.75, 3.05) is 0 Å². The van der Waals surface area contributed by atoms with Gasteiger partial charge in [0.15, 0.2) is 5.16 Å². The molecule has 3 aromatic heterocycles. The van der Waals surface area contributed by atoms with Crippen molar-refractivity contribution >= 4 is 33.3 Å². The minimum atomic E-state index is -0.0186. The molecular weight excluding hydrogens is 338 g/mol. The van der Waals surface area contributed by atoms with Gasteiger partial charge in [-0.1, -0.05) is 36.0 Å². The SMILES string of the molecule is O=c1c2sccc2nc(SCc2cccnc2)n1-c1ccccc1. The second-order valence-corrected chi connectivity index (χ2v) is 7.01. The van der Waals surface area contributed by atoms with Gasteiger partial charge >= 0.3 is 0 Å². The molecule has 0 atom stereocenters. The highest BCUT2D eigenvalue weighted by Crippen LogP contribution is 2.25. The number of aromatic nitrogens is 3. The summed E-state index contributed by atoms with van der Waals surface area (Å²) in [4.78, 5) is 21.8. The zero-order chi connectivity index (χ0) is 16.4. The first-order chi connectivity index (χ1) is 11.8. The first-order valence-corrected chi connectivity index (χ1v) is 9.27. The van der Waals surface area contributed by atoms with Gasteiger partial charge in [-0.05, 0) is 35.2 Å². The van der Waals surface area contributed by atoms with Crippen LogP contribution in [0.4, 0.5) is 0 Å². The predicted molar refractivity (Wildman–Crippen MR) is 99.0 cm³/mol. The molecule has 0 saturated heterocycles. The van der Waals surface area contributed by atoms with Gasteiger partial charge in [-0.25, -0.2) is 4.98 Å². The molecule has 0 unspecified atom stereocenters. The van der Waals surface area contributed by atoms with E-state index in [9.17, 15) is 4.79 Å². The molecule has 0 bridgehead atoms. The highest BCUT2D eigenvalue weighted by atomic mass is 32.2. The first-order valence-electron chi connectivity index (χ1n) is 7.40. The van der Waals surface area contributed by atoms with Gasteiger partial charge in [0, 0.05) is 18.1 Å². The number of benzene rings is 1. The molecule has 4 aromatic rings. The molecule has 0 fully saturated rings. The molecular formula is C18H13N3OS2. The Morgan fingerprint density at radius 3 is 2.75 bits per heavy atom. The molecule has 0 amide bonds. The minimum absolute atomic E-state index is 0.0186. The van der Waals surface area contributed by atoms with Crippen molar-refractivity contribution in [2.45, 2.75) is 10.9 Å². The molecule has 0 aliphatic carbocycles. The molecule has 4 rings (SSSR count). The topological polar surface area (TPSA) is 47.8 Å². The van der Waals surface area contributed by atoms with Gasteiger partial charge in [-0.2, -0.15) is 0 Å². The number of thioether (sulfide) groups is 1. The lowest BCUT2D eigenvalue weighted by molar-refractivity contribution is 0.822. The van der Waals surface area contributed by atoms with Crippen LogP contribution in [0.25, 0.3) is 15.9 Å². The minimum Gasteiger partial charge on any atom is -0.267 e. The molecule has 3 heterocycles. The van der Waals surface area contributed by atoms with Crippen molar-refractivity contribution in [3.05, 3.63) is 82.2 Å². The van der Waals surface area contributed by atoms with E-state index in [2.05, 4.69) is 4.98 Å².